The summed E-state index contributed by atoms with van der Waals surface area (Å²) in [4.78, 5) is 12.4. The molecular weight excluding hydrogens is 278 g/mol. The zero-order valence-electron chi connectivity index (χ0n) is 13.9. The zero-order valence-corrected chi connectivity index (χ0v) is 14.7. The van der Waals surface area contributed by atoms with Gasteiger partial charge in [-0.25, -0.2) is 0 Å². The highest BCUT2D eigenvalue weighted by Gasteiger charge is 2.22. The molecule has 0 spiro atoms. The lowest BCUT2D eigenvalue weighted by atomic mass is 9.80. The van der Waals surface area contributed by atoms with Crippen LogP contribution in [0.1, 0.15) is 86.3 Å². The average molecular weight is 303 g/mol. The van der Waals surface area contributed by atoms with Crippen LogP contribution in [-0.2, 0) is 0 Å². The molecule has 0 aromatic heterocycles. The fourth-order valence-corrected chi connectivity index (χ4v) is 3.19. The molecule has 0 amide bonds. The quantitative estimate of drug-likeness (QED) is 0.518. The highest BCUT2D eigenvalue weighted by atomic mass is 32.2. The van der Waals surface area contributed by atoms with Crippen molar-refractivity contribution in [1.82, 2.24) is 0 Å². The number of nitriles is 1. The monoisotopic (exact) mass is 303 g/mol. The minimum absolute atomic E-state index is 0.0578. The van der Waals surface area contributed by atoms with E-state index < -0.39 is 0 Å². The van der Waals surface area contributed by atoms with E-state index in [1.165, 1.54) is 16.7 Å². The first kappa shape index (κ1) is 17.8. The molecule has 1 aromatic carbocycles. The molecule has 0 radical (unpaired) electrons. The fourth-order valence-electron chi connectivity index (χ4n) is 2.84. The van der Waals surface area contributed by atoms with Crippen molar-refractivity contribution in [1.29, 1.82) is 5.26 Å². The number of hydrogen-bond acceptors (Lipinski definition) is 3. The van der Waals surface area contributed by atoms with E-state index >= 15 is 0 Å². The summed E-state index contributed by atoms with van der Waals surface area (Å²) in [6.45, 7) is 13.0. The lowest BCUT2D eigenvalue weighted by Gasteiger charge is -2.25. The topological polar surface area (TPSA) is 40.9 Å². The number of thioether (sulfide) groups is 1. The van der Waals surface area contributed by atoms with E-state index in [0.29, 0.717) is 17.8 Å². The summed E-state index contributed by atoms with van der Waals surface area (Å²) in [5.41, 5.74) is 4.60. The number of rotatable bonds is 6. The van der Waals surface area contributed by atoms with Crippen molar-refractivity contribution in [3.05, 3.63) is 34.4 Å². The molecule has 3 heteroatoms. The Morgan fingerprint density at radius 3 is 2.05 bits per heavy atom. The van der Waals surface area contributed by atoms with Crippen molar-refractivity contribution in [2.45, 2.75) is 59.3 Å². The van der Waals surface area contributed by atoms with Gasteiger partial charge in [-0.05, 0) is 46.2 Å². The maximum absolute atomic E-state index is 12.4. The van der Waals surface area contributed by atoms with Gasteiger partial charge in [-0.2, -0.15) is 5.26 Å². The highest BCUT2D eigenvalue weighted by Crippen LogP contribution is 2.36. The van der Waals surface area contributed by atoms with Crippen LogP contribution in [-0.4, -0.2) is 11.5 Å². The number of carbonyl (C=O) groups excluding carboxylic acids is 1. The van der Waals surface area contributed by atoms with Crippen LogP contribution < -0.4 is 0 Å². The van der Waals surface area contributed by atoms with Crippen LogP contribution in [0.25, 0.3) is 0 Å². The molecule has 0 aliphatic heterocycles. The standard InChI is InChI=1S/C18H25NOS/c1-11(2)14-7-8-15(16(20)9-21-10-19)18(13(5)6)17(14)12(3)4/h7-8,11-13H,9H2,1-6H3. The van der Waals surface area contributed by atoms with Crippen LogP contribution >= 0.6 is 11.8 Å². The summed E-state index contributed by atoms with van der Waals surface area (Å²) in [5.74, 6) is 1.41. The molecule has 0 saturated carbocycles. The molecule has 0 aliphatic rings. The van der Waals surface area contributed by atoms with Crippen LogP contribution in [0.3, 0.4) is 0 Å². The van der Waals surface area contributed by atoms with Crippen molar-refractivity contribution in [2.75, 3.05) is 5.75 Å². The van der Waals surface area contributed by atoms with Crippen LogP contribution in [0.2, 0.25) is 0 Å². The summed E-state index contributed by atoms with van der Waals surface area (Å²) in [6.07, 6.45) is 0. The zero-order chi connectivity index (χ0) is 16.2. The molecule has 0 aliphatic carbocycles. The van der Waals surface area contributed by atoms with E-state index in [1.807, 2.05) is 11.5 Å². The van der Waals surface area contributed by atoms with Gasteiger partial charge in [0.25, 0.3) is 0 Å². The second-order valence-corrected chi connectivity index (χ2v) is 7.06. The van der Waals surface area contributed by atoms with Crippen molar-refractivity contribution in [3.63, 3.8) is 0 Å². The first-order chi connectivity index (χ1) is 9.81. The van der Waals surface area contributed by atoms with Gasteiger partial charge >= 0.3 is 0 Å². The second-order valence-electron chi connectivity index (χ2n) is 6.30. The molecule has 114 valence electrons. The lowest BCUT2D eigenvalue weighted by molar-refractivity contribution is 0.102. The number of nitrogens with zero attached hydrogens (tertiary/aromatic N) is 1. The summed E-state index contributed by atoms with van der Waals surface area (Å²) in [6, 6.07) is 4.05. The number of hydrogen-bond donors (Lipinski definition) is 0. The van der Waals surface area contributed by atoms with Gasteiger partial charge < -0.3 is 0 Å². The van der Waals surface area contributed by atoms with Gasteiger partial charge in [0.2, 0.25) is 0 Å². The van der Waals surface area contributed by atoms with Gasteiger partial charge in [0.1, 0.15) is 5.40 Å². The third-order valence-corrected chi connectivity index (χ3v) is 4.20. The Morgan fingerprint density at radius 2 is 1.62 bits per heavy atom. The minimum Gasteiger partial charge on any atom is -0.293 e. The average Bonchev–Trinajstić information content (AvgIpc) is 2.42. The van der Waals surface area contributed by atoms with Gasteiger partial charge in [0.15, 0.2) is 5.78 Å². The SMILES string of the molecule is CC(C)c1ccc(C(=O)CSC#N)c(C(C)C)c1C(C)C. The molecule has 21 heavy (non-hydrogen) atoms. The number of thiocyanates is 1. The number of carbonyl (C=O) groups is 1. The predicted molar refractivity (Wildman–Crippen MR) is 91.1 cm³/mol. The van der Waals surface area contributed by atoms with E-state index in [4.69, 9.17) is 5.26 Å². The predicted octanol–water partition coefficient (Wildman–Crippen LogP) is 5.45. The smallest absolute Gasteiger partial charge is 0.174 e. The van der Waals surface area contributed by atoms with E-state index in [0.717, 1.165) is 17.3 Å². The summed E-state index contributed by atoms with van der Waals surface area (Å²) < 4.78 is 0. The van der Waals surface area contributed by atoms with E-state index in [2.05, 4.69) is 47.6 Å². The third-order valence-electron chi connectivity index (χ3n) is 3.67. The van der Waals surface area contributed by atoms with Crippen molar-refractivity contribution < 1.29 is 4.79 Å². The summed E-state index contributed by atoms with van der Waals surface area (Å²) in [5, 5.41) is 10.6. The Morgan fingerprint density at radius 1 is 1.05 bits per heavy atom. The molecule has 0 bridgehead atoms. The normalized spacial score (nSPS) is 11.2. The van der Waals surface area contributed by atoms with Crippen molar-refractivity contribution in [2.24, 2.45) is 0 Å². The molecule has 1 aromatic rings. The first-order valence-electron chi connectivity index (χ1n) is 7.51. The van der Waals surface area contributed by atoms with Gasteiger partial charge in [-0.15, -0.1) is 0 Å². The summed E-state index contributed by atoms with van der Waals surface area (Å²) >= 11 is 1.01. The van der Waals surface area contributed by atoms with Gasteiger partial charge in [-0.3, -0.25) is 4.79 Å². The Kier molecular flexibility index (Phi) is 6.48. The Labute approximate surface area is 132 Å². The maximum atomic E-state index is 12.4. The van der Waals surface area contributed by atoms with Crippen LogP contribution in [0, 0.1) is 10.7 Å². The molecule has 2 nitrogen and oxygen atoms in total. The molecule has 0 fully saturated rings. The maximum Gasteiger partial charge on any atom is 0.174 e. The van der Waals surface area contributed by atoms with Crippen molar-refractivity contribution in [3.8, 4) is 5.40 Å². The van der Waals surface area contributed by atoms with Crippen LogP contribution in [0.5, 0.6) is 0 Å². The Bertz CT molecular complexity index is 553. The highest BCUT2D eigenvalue weighted by molar-refractivity contribution is 8.04. The second kappa shape index (κ2) is 7.66. The van der Waals surface area contributed by atoms with Gasteiger partial charge in [0.05, 0.1) is 5.75 Å². The van der Waals surface area contributed by atoms with E-state index in [9.17, 15) is 4.79 Å². The van der Waals surface area contributed by atoms with Crippen molar-refractivity contribution >= 4 is 17.5 Å². The van der Waals surface area contributed by atoms with Crippen LogP contribution in [0.4, 0.5) is 0 Å². The molecular formula is C18H25NOS. The molecule has 0 N–H and O–H groups in total. The summed E-state index contributed by atoms with van der Waals surface area (Å²) in [7, 11) is 0. The van der Waals surface area contributed by atoms with E-state index in [-0.39, 0.29) is 11.5 Å². The molecule has 0 atom stereocenters. The molecule has 0 saturated heterocycles. The number of Topliss-reactive ketones (excluding diaryl/α,β-unsaturated/α-hetero) is 1. The minimum atomic E-state index is 0.0578. The first-order valence-corrected chi connectivity index (χ1v) is 8.50. The third kappa shape index (κ3) is 4.11. The number of ketones is 1. The van der Waals surface area contributed by atoms with E-state index in [1.54, 1.807) is 0 Å². The Hall–Kier alpha value is -1.27. The fraction of sp³-hybridized carbons (Fsp3) is 0.556. The Balaban J connectivity index is 3.50. The van der Waals surface area contributed by atoms with Gasteiger partial charge in [-0.1, -0.05) is 53.7 Å². The van der Waals surface area contributed by atoms with Crippen LogP contribution in [0.15, 0.2) is 12.1 Å². The number of benzene rings is 1. The molecule has 0 unspecified atom stereocenters. The van der Waals surface area contributed by atoms with Gasteiger partial charge in [0, 0.05) is 5.56 Å². The largest absolute Gasteiger partial charge is 0.293 e. The molecule has 0 heterocycles. The lowest BCUT2D eigenvalue weighted by Crippen LogP contribution is -2.13. The molecule has 1 rings (SSSR count).